The molecule has 1 aromatic heterocycles. The van der Waals surface area contributed by atoms with E-state index in [1.165, 1.54) is 12.3 Å². The van der Waals surface area contributed by atoms with E-state index in [4.69, 9.17) is 11.6 Å². The monoisotopic (exact) mass is 373 g/mol. The third-order valence-electron chi connectivity index (χ3n) is 3.26. The maximum Gasteiger partial charge on any atom is 0.294 e. The number of thioether (sulfide) groups is 1. The summed E-state index contributed by atoms with van der Waals surface area (Å²) in [6.45, 7) is -0.384. The summed E-state index contributed by atoms with van der Waals surface area (Å²) in [5.74, 6) is -0.768. The van der Waals surface area contributed by atoms with Gasteiger partial charge in [0.1, 0.15) is 12.4 Å². The van der Waals surface area contributed by atoms with Crippen molar-refractivity contribution in [1.82, 2.24) is 9.88 Å². The Balaban J connectivity index is 1.68. The Kier molecular flexibility index (Phi) is 5.16. The highest BCUT2D eigenvalue weighted by Gasteiger charge is 2.36. The maximum atomic E-state index is 12.4. The Labute approximate surface area is 152 Å². The fourth-order valence-corrected chi connectivity index (χ4v) is 3.13. The third kappa shape index (κ3) is 4.26. The average Bonchev–Trinajstić information content (AvgIpc) is 2.83. The molecule has 0 bridgehead atoms. The Hall–Kier alpha value is -2.64. The average molecular weight is 374 g/mol. The van der Waals surface area contributed by atoms with Crippen LogP contribution in [0.2, 0.25) is 5.02 Å². The summed E-state index contributed by atoms with van der Waals surface area (Å²) in [6, 6.07) is 12.2. The Bertz CT molecular complexity index is 870. The van der Waals surface area contributed by atoms with Gasteiger partial charge in [-0.2, -0.15) is 0 Å². The van der Waals surface area contributed by atoms with Crippen molar-refractivity contribution in [2.24, 2.45) is 0 Å². The highest BCUT2D eigenvalue weighted by atomic mass is 35.5. The molecule has 1 aliphatic rings. The van der Waals surface area contributed by atoms with Gasteiger partial charge >= 0.3 is 0 Å². The molecule has 6 nitrogen and oxygen atoms in total. The van der Waals surface area contributed by atoms with E-state index in [2.05, 4.69) is 10.3 Å². The quantitative estimate of drug-likeness (QED) is 0.831. The van der Waals surface area contributed by atoms with E-state index in [-0.39, 0.29) is 17.3 Å². The lowest BCUT2D eigenvalue weighted by Gasteiger charge is -2.12. The van der Waals surface area contributed by atoms with Crippen LogP contribution in [0.4, 0.5) is 10.6 Å². The SMILES string of the molecule is O=C(CN1C(=O)S/C(=C/c2ccccc2)C1=O)Nc1cc(Cl)ccn1. The van der Waals surface area contributed by atoms with Gasteiger partial charge in [-0.1, -0.05) is 41.9 Å². The lowest BCUT2D eigenvalue weighted by molar-refractivity contribution is -0.127. The van der Waals surface area contributed by atoms with Gasteiger partial charge in [-0.05, 0) is 35.5 Å². The van der Waals surface area contributed by atoms with Crippen LogP contribution in [0, 0.1) is 0 Å². The summed E-state index contributed by atoms with van der Waals surface area (Å²) in [6.07, 6.45) is 3.07. The summed E-state index contributed by atoms with van der Waals surface area (Å²) in [5, 5.41) is 2.44. The van der Waals surface area contributed by atoms with E-state index in [9.17, 15) is 14.4 Å². The molecule has 8 heteroatoms. The second-order valence-electron chi connectivity index (χ2n) is 5.09. The molecule has 1 fully saturated rings. The van der Waals surface area contributed by atoms with Gasteiger partial charge in [0.15, 0.2) is 0 Å². The van der Waals surface area contributed by atoms with Crippen LogP contribution in [-0.4, -0.2) is 33.5 Å². The predicted octanol–water partition coefficient (Wildman–Crippen LogP) is 3.41. The van der Waals surface area contributed by atoms with Crippen molar-refractivity contribution in [3.05, 3.63) is 64.2 Å². The number of anilines is 1. The molecule has 1 N–H and O–H groups in total. The van der Waals surface area contributed by atoms with Crippen molar-refractivity contribution >= 4 is 52.3 Å². The van der Waals surface area contributed by atoms with E-state index in [0.717, 1.165) is 22.2 Å². The molecule has 0 atom stereocenters. The fraction of sp³-hybridized carbons (Fsp3) is 0.0588. The first-order valence-electron chi connectivity index (χ1n) is 7.25. The number of hydrogen-bond acceptors (Lipinski definition) is 5. The van der Waals surface area contributed by atoms with Crippen molar-refractivity contribution in [3.63, 3.8) is 0 Å². The van der Waals surface area contributed by atoms with Crippen LogP contribution in [-0.2, 0) is 9.59 Å². The van der Waals surface area contributed by atoms with Crippen molar-refractivity contribution in [1.29, 1.82) is 0 Å². The van der Waals surface area contributed by atoms with Crippen LogP contribution < -0.4 is 5.32 Å². The highest BCUT2D eigenvalue weighted by Crippen LogP contribution is 2.32. The summed E-state index contributed by atoms with van der Waals surface area (Å²) in [7, 11) is 0. The number of imide groups is 1. The zero-order valence-corrected chi connectivity index (χ0v) is 14.4. The van der Waals surface area contributed by atoms with E-state index in [1.54, 1.807) is 12.1 Å². The topological polar surface area (TPSA) is 79.4 Å². The highest BCUT2D eigenvalue weighted by molar-refractivity contribution is 8.18. The summed E-state index contributed by atoms with van der Waals surface area (Å²) in [4.78, 5) is 41.6. The van der Waals surface area contributed by atoms with E-state index >= 15 is 0 Å². The molecular formula is C17H12ClN3O3S. The minimum atomic E-state index is -0.530. The van der Waals surface area contributed by atoms with Crippen LogP contribution in [0.25, 0.3) is 6.08 Å². The molecule has 0 unspecified atom stereocenters. The molecule has 3 rings (SSSR count). The van der Waals surface area contributed by atoms with Gasteiger partial charge < -0.3 is 5.32 Å². The number of aromatic nitrogens is 1. The largest absolute Gasteiger partial charge is 0.309 e. The van der Waals surface area contributed by atoms with Crippen molar-refractivity contribution in [2.45, 2.75) is 0 Å². The normalized spacial score (nSPS) is 15.7. The van der Waals surface area contributed by atoms with Crippen LogP contribution in [0.1, 0.15) is 5.56 Å². The Morgan fingerprint density at radius 3 is 2.72 bits per heavy atom. The van der Waals surface area contributed by atoms with Crippen LogP contribution >= 0.6 is 23.4 Å². The number of amides is 3. The van der Waals surface area contributed by atoms with Gasteiger partial charge in [0.2, 0.25) is 5.91 Å². The number of nitrogens with one attached hydrogen (secondary N) is 1. The molecular weight excluding hydrogens is 362 g/mol. The predicted molar refractivity (Wildman–Crippen MR) is 97.0 cm³/mol. The molecule has 1 aromatic carbocycles. The summed E-state index contributed by atoms with van der Waals surface area (Å²) >= 11 is 6.63. The van der Waals surface area contributed by atoms with Crippen LogP contribution in [0.5, 0.6) is 0 Å². The summed E-state index contributed by atoms with van der Waals surface area (Å²) in [5.41, 5.74) is 0.806. The molecule has 0 aliphatic carbocycles. The van der Waals surface area contributed by atoms with Crippen molar-refractivity contribution in [3.8, 4) is 0 Å². The fourth-order valence-electron chi connectivity index (χ4n) is 2.14. The second kappa shape index (κ2) is 7.50. The molecule has 2 heterocycles. The first kappa shape index (κ1) is 17.2. The molecule has 1 aliphatic heterocycles. The number of benzene rings is 1. The molecule has 2 aromatic rings. The van der Waals surface area contributed by atoms with Crippen LogP contribution in [0.15, 0.2) is 53.6 Å². The number of carbonyl (C=O) groups excluding carboxylic acids is 3. The minimum Gasteiger partial charge on any atom is -0.309 e. The first-order valence-corrected chi connectivity index (χ1v) is 8.44. The number of carbonyl (C=O) groups is 3. The minimum absolute atomic E-state index is 0.254. The zero-order chi connectivity index (χ0) is 17.8. The van der Waals surface area contributed by atoms with Gasteiger partial charge in [-0.25, -0.2) is 4.98 Å². The van der Waals surface area contributed by atoms with E-state index in [1.807, 2.05) is 30.3 Å². The maximum absolute atomic E-state index is 12.4. The van der Waals surface area contributed by atoms with Crippen molar-refractivity contribution < 1.29 is 14.4 Å². The number of rotatable bonds is 4. The number of pyridine rings is 1. The standard InChI is InChI=1S/C17H12ClN3O3S/c18-12-6-7-19-14(9-12)20-15(22)10-21-16(23)13(25-17(21)24)8-11-4-2-1-3-5-11/h1-9H,10H2,(H,19,20,22)/b13-8+. The molecule has 1 saturated heterocycles. The number of halogens is 1. The Morgan fingerprint density at radius 1 is 1.24 bits per heavy atom. The molecule has 0 radical (unpaired) electrons. The van der Waals surface area contributed by atoms with Gasteiger partial charge in [-0.3, -0.25) is 19.3 Å². The molecule has 0 saturated carbocycles. The number of hydrogen-bond donors (Lipinski definition) is 1. The Morgan fingerprint density at radius 2 is 2.00 bits per heavy atom. The van der Waals surface area contributed by atoms with Gasteiger partial charge in [0.05, 0.1) is 4.91 Å². The second-order valence-corrected chi connectivity index (χ2v) is 6.52. The van der Waals surface area contributed by atoms with Gasteiger partial charge in [0, 0.05) is 11.2 Å². The number of nitrogens with zero attached hydrogens (tertiary/aromatic N) is 2. The smallest absolute Gasteiger partial charge is 0.294 e. The first-order chi connectivity index (χ1) is 12.0. The zero-order valence-electron chi connectivity index (χ0n) is 12.8. The van der Waals surface area contributed by atoms with Gasteiger partial charge in [0.25, 0.3) is 11.1 Å². The lowest BCUT2D eigenvalue weighted by Crippen LogP contribution is -2.36. The van der Waals surface area contributed by atoms with Gasteiger partial charge in [-0.15, -0.1) is 0 Å². The molecule has 0 spiro atoms. The molecule has 25 heavy (non-hydrogen) atoms. The van der Waals surface area contributed by atoms with Crippen LogP contribution in [0.3, 0.4) is 0 Å². The third-order valence-corrected chi connectivity index (χ3v) is 4.40. The summed E-state index contributed by atoms with van der Waals surface area (Å²) < 4.78 is 0. The van der Waals surface area contributed by atoms with E-state index < -0.39 is 17.1 Å². The molecule has 126 valence electrons. The van der Waals surface area contributed by atoms with E-state index in [0.29, 0.717) is 5.02 Å². The lowest BCUT2D eigenvalue weighted by atomic mass is 10.2. The molecule has 3 amide bonds. The van der Waals surface area contributed by atoms with Crippen molar-refractivity contribution in [2.75, 3.05) is 11.9 Å².